The third-order valence-corrected chi connectivity index (χ3v) is 1.49. The first-order valence-corrected chi connectivity index (χ1v) is 3.69. The highest BCUT2D eigenvalue weighted by molar-refractivity contribution is 5.43. The van der Waals surface area contributed by atoms with Crippen LogP contribution in [0, 0.1) is 6.92 Å². The maximum absolute atomic E-state index is 9.81. The average molecular weight is 165 g/mol. The topological polar surface area (TPSA) is 38.3 Å². The van der Waals surface area contributed by atoms with Gasteiger partial charge in [0.15, 0.2) is 0 Å². The molecule has 0 fully saturated rings. The van der Waals surface area contributed by atoms with E-state index in [1.54, 1.807) is 0 Å². The zero-order valence-corrected chi connectivity index (χ0v) is 6.91. The fraction of sp³-hybridized carbons (Fsp3) is 0.222. The molecule has 0 aliphatic heterocycles. The van der Waals surface area contributed by atoms with E-state index in [9.17, 15) is 4.79 Å². The second-order valence-corrected chi connectivity index (χ2v) is 2.51. The van der Waals surface area contributed by atoms with Gasteiger partial charge in [0.25, 0.3) is 0 Å². The molecule has 0 unspecified atom stereocenters. The summed E-state index contributed by atoms with van der Waals surface area (Å²) in [4.78, 5) is 14.6. The number of hydroxylamine groups is 1. The van der Waals surface area contributed by atoms with Crippen LogP contribution < -0.4 is 5.48 Å². The van der Waals surface area contributed by atoms with Crippen LogP contribution in [0.2, 0.25) is 0 Å². The highest BCUT2D eigenvalue weighted by atomic mass is 16.6. The fourth-order valence-electron chi connectivity index (χ4n) is 0.843. The van der Waals surface area contributed by atoms with Crippen LogP contribution in [0.4, 0.5) is 0 Å². The Balaban J connectivity index is 2.42. The Bertz CT molecular complexity index is 243. The van der Waals surface area contributed by atoms with E-state index in [4.69, 9.17) is 4.84 Å². The molecule has 0 heterocycles. The van der Waals surface area contributed by atoms with Crippen molar-refractivity contribution in [1.29, 1.82) is 0 Å². The molecule has 0 saturated heterocycles. The number of carbonyl (C=O) groups excluding carboxylic acids is 1. The minimum absolute atomic E-state index is 0.402. The van der Waals surface area contributed by atoms with Gasteiger partial charge in [-0.05, 0) is 12.5 Å². The molecule has 3 nitrogen and oxygen atoms in total. The Hall–Kier alpha value is -1.35. The first kappa shape index (κ1) is 8.74. The summed E-state index contributed by atoms with van der Waals surface area (Å²) in [5.74, 6) is 0. The number of rotatable bonds is 4. The standard InChI is InChI=1S/C9H11NO2/c1-8-2-4-9(5-3-8)6-12-10-7-11/h2-5,7H,6H2,1H3,(H,10,11). The van der Waals surface area contributed by atoms with Crippen LogP contribution in [0.25, 0.3) is 0 Å². The number of benzene rings is 1. The summed E-state index contributed by atoms with van der Waals surface area (Å²) in [7, 11) is 0. The van der Waals surface area contributed by atoms with Crippen LogP contribution >= 0.6 is 0 Å². The van der Waals surface area contributed by atoms with Crippen molar-refractivity contribution in [2.24, 2.45) is 0 Å². The predicted octanol–water partition coefficient (Wildman–Crippen LogP) is 1.17. The van der Waals surface area contributed by atoms with Crippen LogP contribution in [-0.4, -0.2) is 6.41 Å². The molecule has 12 heavy (non-hydrogen) atoms. The Morgan fingerprint density at radius 3 is 2.67 bits per heavy atom. The van der Waals surface area contributed by atoms with E-state index in [1.165, 1.54) is 5.56 Å². The lowest BCUT2D eigenvalue weighted by molar-refractivity contribution is -0.121. The van der Waals surface area contributed by atoms with E-state index in [0.717, 1.165) is 5.56 Å². The molecule has 0 aromatic heterocycles. The molecule has 0 aliphatic carbocycles. The van der Waals surface area contributed by atoms with Gasteiger partial charge >= 0.3 is 0 Å². The first-order valence-electron chi connectivity index (χ1n) is 3.69. The zero-order valence-electron chi connectivity index (χ0n) is 6.91. The maximum Gasteiger partial charge on any atom is 0.230 e. The highest BCUT2D eigenvalue weighted by Crippen LogP contribution is 2.03. The van der Waals surface area contributed by atoms with E-state index < -0.39 is 0 Å². The highest BCUT2D eigenvalue weighted by Gasteiger charge is 1.90. The molecule has 1 aromatic rings. The van der Waals surface area contributed by atoms with Crippen molar-refractivity contribution < 1.29 is 9.63 Å². The average Bonchev–Trinajstić information content (AvgIpc) is 2.09. The predicted molar refractivity (Wildman–Crippen MR) is 45.2 cm³/mol. The summed E-state index contributed by atoms with van der Waals surface area (Å²) in [6, 6.07) is 7.92. The van der Waals surface area contributed by atoms with E-state index in [2.05, 4.69) is 5.48 Å². The molecular weight excluding hydrogens is 154 g/mol. The van der Waals surface area contributed by atoms with E-state index in [1.807, 2.05) is 31.2 Å². The summed E-state index contributed by atoms with van der Waals surface area (Å²) >= 11 is 0. The third kappa shape index (κ3) is 2.72. The first-order chi connectivity index (χ1) is 5.83. The van der Waals surface area contributed by atoms with Crippen LogP contribution in [-0.2, 0) is 16.2 Å². The second kappa shape index (κ2) is 4.51. The summed E-state index contributed by atoms with van der Waals surface area (Å²) in [5.41, 5.74) is 4.38. The van der Waals surface area contributed by atoms with Crippen LogP contribution in [0.3, 0.4) is 0 Å². The molecule has 0 radical (unpaired) electrons. The summed E-state index contributed by atoms with van der Waals surface area (Å²) < 4.78 is 0. The molecular formula is C9H11NO2. The van der Waals surface area contributed by atoms with Gasteiger partial charge in [-0.2, -0.15) is 0 Å². The minimum atomic E-state index is 0.402. The van der Waals surface area contributed by atoms with Gasteiger partial charge in [0.1, 0.15) is 0 Å². The molecule has 64 valence electrons. The molecule has 1 amide bonds. The minimum Gasteiger partial charge on any atom is -0.277 e. The van der Waals surface area contributed by atoms with Gasteiger partial charge < -0.3 is 0 Å². The number of carbonyl (C=O) groups is 1. The smallest absolute Gasteiger partial charge is 0.230 e. The molecule has 0 saturated carbocycles. The van der Waals surface area contributed by atoms with Gasteiger partial charge in [0.05, 0.1) is 6.61 Å². The Labute approximate surface area is 71.3 Å². The molecule has 3 heteroatoms. The Morgan fingerprint density at radius 1 is 1.42 bits per heavy atom. The fourth-order valence-corrected chi connectivity index (χ4v) is 0.843. The molecule has 0 atom stereocenters. The number of hydrogen-bond acceptors (Lipinski definition) is 2. The van der Waals surface area contributed by atoms with Gasteiger partial charge in [-0.3, -0.25) is 9.63 Å². The van der Waals surface area contributed by atoms with Gasteiger partial charge in [0, 0.05) is 0 Å². The van der Waals surface area contributed by atoms with Gasteiger partial charge in [-0.25, -0.2) is 5.48 Å². The van der Waals surface area contributed by atoms with Crippen molar-refractivity contribution >= 4 is 6.41 Å². The van der Waals surface area contributed by atoms with Gasteiger partial charge in [-0.1, -0.05) is 29.8 Å². The van der Waals surface area contributed by atoms with E-state index in [0.29, 0.717) is 13.0 Å². The van der Waals surface area contributed by atoms with Crippen LogP contribution in [0.1, 0.15) is 11.1 Å². The van der Waals surface area contributed by atoms with Crippen LogP contribution in [0.15, 0.2) is 24.3 Å². The molecule has 1 aromatic carbocycles. The molecule has 1 N–H and O–H groups in total. The number of aryl methyl sites for hydroxylation is 1. The van der Waals surface area contributed by atoms with E-state index in [-0.39, 0.29) is 0 Å². The van der Waals surface area contributed by atoms with Gasteiger partial charge in [-0.15, -0.1) is 0 Å². The number of hydrogen-bond donors (Lipinski definition) is 1. The van der Waals surface area contributed by atoms with E-state index >= 15 is 0 Å². The Morgan fingerprint density at radius 2 is 2.08 bits per heavy atom. The van der Waals surface area contributed by atoms with Crippen molar-refractivity contribution in [2.45, 2.75) is 13.5 Å². The van der Waals surface area contributed by atoms with Crippen molar-refractivity contribution in [3.8, 4) is 0 Å². The quantitative estimate of drug-likeness (QED) is 0.413. The third-order valence-electron chi connectivity index (χ3n) is 1.49. The van der Waals surface area contributed by atoms with Crippen molar-refractivity contribution in [1.82, 2.24) is 5.48 Å². The molecule has 0 bridgehead atoms. The SMILES string of the molecule is Cc1ccc(CONC=O)cc1. The lowest BCUT2D eigenvalue weighted by atomic mass is 10.2. The van der Waals surface area contributed by atoms with Gasteiger partial charge in [0.2, 0.25) is 6.41 Å². The summed E-state index contributed by atoms with van der Waals surface area (Å²) in [5, 5.41) is 0. The number of nitrogens with one attached hydrogen (secondary N) is 1. The lowest BCUT2D eigenvalue weighted by Gasteiger charge is -2.00. The monoisotopic (exact) mass is 165 g/mol. The summed E-state index contributed by atoms with van der Waals surface area (Å²) in [6.45, 7) is 2.42. The maximum atomic E-state index is 9.81. The zero-order chi connectivity index (χ0) is 8.81. The van der Waals surface area contributed by atoms with Crippen molar-refractivity contribution in [2.75, 3.05) is 0 Å². The normalized spacial score (nSPS) is 9.42. The van der Waals surface area contributed by atoms with Crippen molar-refractivity contribution in [3.63, 3.8) is 0 Å². The molecule has 0 spiro atoms. The lowest BCUT2D eigenvalue weighted by Crippen LogP contribution is -2.10. The largest absolute Gasteiger partial charge is 0.277 e. The second-order valence-electron chi connectivity index (χ2n) is 2.51. The molecule has 0 aliphatic rings. The summed E-state index contributed by atoms with van der Waals surface area (Å²) in [6.07, 6.45) is 0.508. The van der Waals surface area contributed by atoms with Crippen molar-refractivity contribution in [3.05, 3.63) is 35.4 Å². The number of amides is 1. The molecule has 1 rings (SSSR count). The van der Waals surface area contributed by atoms with Crippen LogP contribution in [0.5, 0.6) is 0 Å². The Kier molecular flexibility index (Phi) is 3.29.